The van der Waals surface area contributed by atoms with Crippen molar-refractivity contribution in [2.24, 2.45) is 11.8 Å². The van der Waals surface area contributed by atoms with Gasteiger partial charge in [0.05, 0.1) is 11.8 Å². The molecule has 0 N–H and O–H groups in total. The topological polar surface area (TPSA) is 52.6 Å². The molecule has 0 amide bonds. The molecule has 0 radical (unpaired) electrons. The lowest BCUT2D eigenvalue weighted by Gasteiger charge is -2.23. The third kappa shape index (κ3) is 11.5. The van der Waals surface area contributed by atoms with Gasteiger partial charge >= 0.3 is 11.9 Å². The average Bonchev–Trinajstić information content (AvgIpc) is 2.38. The molecular formula is C20H38O4. The number of ether oxygens (including phenoxy) is 2. The minimum Gasteiger partial charge on any atom is -0.460 e. The third-order valence-electron chi connectivity index (χ3n) is 3.73. The molecule has 2 atom stereocenters. The van der Waals surface area contributed by atoms with E-state index in [1.807, 2.05) is 55.4 Å². The summed E-state index contributed by atoms with van der Waals surface area (Å²) in [7, 11) is 0. The fourth-order valence-electron chi connectivity index (χ4n) is 2.41. The first-order valence-electron chi connectivity index (χ1n) is 9.31. The van der Waals surface area contributed by atoms with Crippen molar-refractivity contribution in [2.45, 2.75) is 105 Å². The van der Waals surface area contributed by atoms with Gasteiger partial charge in [-0.3, -0.25) is 9.59 Å². The highest BCUT2D eigenvalue weighted by Crippen LogP contribution is 2.21. The Bertz CT molecular complexity index is 387. The van der Waals surface area contributed by atoms with Gasteiger partial charge < -0.3 is 9.47 Å². The second-order valence-electron chi connectivity index (χ2n) is 8.71. The minimum absolute atomic E-state index is 0.0208. The molecule has 0 aromatic carbocycles. The van der Waals surface area contributed by atoms with Gasteiger partial charge in [-0.1, -0.05) is 33.1 Å². The van der Waals surface area contributed by atoms with Crippen LogP contribution >= 0.6 is 0 Å². The number of unbranched alkanes of at least 4 members (excludes halogenated alkanes) is 2. The van der Waals surface area contributed by atoms with Crippen molar-refractivity contribution in [1.82, 2.24) is 0 Å². The van der Waals surface area contributed by atoms with Crippen LogP contribution < -0.4 is 0 Å². The molecular weight excluding hydrogens is 304 g/mol. The zero-order valence-electron chi connectivity index (χ0n) is 17.0. The van der Waals surface area contributed by atoms with Gasteiger partial charge in [-0.2, -0.15) is 0 Å². The van der Waals surface area contributed by atoms with Crippen LogP contribution in [0, 0.1) is 11.8 Å². The van der Waals surface area contributed by atoms with Crippen LogP contribution in [0.5, 0.6) is 0 Å². The summed E-state index contributed by atoms with van der Waals surface area (Å²) >= 11 is 0. The lowest BCUT2D eigenvalue weighted by molar-refractivity contribution is -0.161. The molecule has 0 spiro atoms. The van der Waals surface area contributed by atoms with Crippen LogP contribution in [0.2, 0.25) is 0 Å². The molecule has 0 aliphatic heterocycles. The van der Waals surface area contributed by atoms with Crippen molar-refractivity contribution in [2.75, 3.05) is 0 Å². The van der Waals surface area contributed by atoms with Gasteiger partial charge in [-0.15, -0.1) is 0 Å². The SMILES string of the molecule is CCC(CCCCCC(C)C(=O)OC(C)(C)C)C(=O)OC(C)(C)C. The van der Waals surface area contributed by atoms with Crippen LogP contribution in [-0.4, -0.2) is 23.1 Å². The minimum atomic E-state index is -0.424. The van der Waals surface area contributed by atoms with E-state index in [9.17, 15) is 9.59 Å². The summed E-state index contributed by atoms with van der Waals surface area (Å²) in [6.45, 7) is 15.3. The quantitative estimate of drug-likeness (QED) is 0.422. The molecule has 0 saturated carbocycles. The average molecular weight is 343 g/mol. The Morgan fingerprint density at radius 1 is 0.792 bits per heavy atom. The van der Waals surface area contributed by atoms with Crippen molar-refractivity contribution < 1.29 is 19.1 Å². The van der Waals surface area contributed by atoms with Gasteiger partial charge in [0, 0.05) is 0 Å². The van der Waals surface area contributed by atoms with E-state index in [1.54, 1.807) is 0 Å². The predicted octanol–water partition coefficient (Wildman–Crippen LogP) is 5.28. The first kappa shape index (κ1) is 22.9. The molecule has 0 aliphatic rings. The van der Waals surface area contributed by atoms with Gasteiger partial charge in [0.2, 0.25) is 0 Å². The summed E-state index contributed by atoms with van der Waals surface area (Å²) in [6.07, 6.45) is 5.48. The molecule has 4 nitrogen and oxygen atoms in total. The molecule has 0 fully saturated rings. The Morgan fingerprint density at radius 2 is 1.25 bits per heavy atom. The standard InChI is InChI=1S/C20H38O4/c1-9-16(18(22)24-20(6,7)8)14-12-10-11-13-15(2)17(21)23-19(3,4)5/h15-16H,9-14H2,1-8H3. The maximum atomic E-state index is 12.1. The normalized spacial score (nSPS) is 14.8. The maximum Gasteiger partial charge on any atom is 0.309 e. The largest absolute Gasteiger partial charge is 0.460 e. The van der Waals surface area contributed by atoms with Crippen LogP contribution in [0.1, 0.15) is 93.9 Å². The van der Waals surface area contributed by atoms with Gasteiger partial charge in [-0.25, -0.2) is 0 Å². The fraction of sp³-hybridized carbons (Fsp3) is 0.900. The van der Waals surface area contributed by atoms with Gasteiger partial charge in [0.25, 0.3) is 0 Å². The number of esters is 2. The molecule has 0 rings (SSSR count). The Hall–Kier alpha value is -1.06. The summed E-state index contributed by atoms with van der Waals surface area (Å²) in [5, 5.41) is 0. The molecule has 0 aromatic heterocycles. The summed E-state index contributed by atoms with van der Waals surface area (Å²) < 4.78 is 10.9. The monoisotopic (exact) mass is 342 g/mol. The van der Waals surface area contributed by atoms with E-state index in [2.05, 4.69) is 0 Å². The molecule has 2 unspecified atom stereocenters. The zero-order chi connectivity index (χ0) is 19.0. The summed E-state index contributed by atoms with van der Waals surface area (Å²) in [5.41, 5.74) is -0.847. The summed E-state index contributed by atoms with van der Waals surface area (Å²) in [4.78, 5) is 24.0. The summed E-state index contributed by atoms with van der Waals surface area (Å²) in [5.74, 6) is -0.306. The number of rotatable bonds is 9. The highest BCUT2D eigenvalue weighted by molar-refractivity contribution is 5.73. The van der Waals surface area contributed by atoms with Gasteiger partial charge in [-0.05, 0) is 60.8 Å². The van der Waals surface area contributed by atoms with Gasteiger partial charge in [0.1, 0.15) is 11.2 Å². The van der Waals surface area contributed by atoms with Gasteiger partial charge in [0.15, 0.2) is 0 Å². The Kier molecular flexibility index (Phi) is 9.61. The second kappa shape index (κ2) is 10.0. The van der Waals surface area contributed by atoms with E-state index in [0.29, 0.717) is 0 Å². The number of hydrogen-bond acceptors (Lipinski definition) is 4. The zero-order valence-corrected chi connectivity index (χ0v) is 17.0. The van der Waals surface area contributed by atoms with E-state index in [-0.39, 0.29) is 23.8 Å². The maximum absolute atomic E-state index is 12.1. The van der Waals surface area contributed by atoms with Crippen molar-refractivity contribution in [3.05, 3.63) is 0 Å². The molecule has 0 aromatic rings. The molecule has 142 valence electrons. The molecule has 0 saturated heterocycles. The Labute approximate surface area is 148 Å². The Balaban J connectivity index is 4.03. The van der Waals surface area contributed by atoms with Crippen LogP contribution in [0.4, 0.5) is 0 Å². The van der Waals surface area contributed by atoms with Crippen LogP contribution in [0.25, 0.3) is 0 Å². The smallest absolute Gasteiger partial charge is 0.309 e. The second-order valence-corrected chi connectivity index (χ2v) is 8.71. The van der Waals surface area contributed by atoms with Crippen LogP contribution in [0.3, 0.4) is 0 Å². The van der Waals surface area contributed by atoms with Crippen molar-refractivity contribution in [3.8, 4) is 0 Å². The highest BCUT2D eigenvalue weighted by Gasteiger charge is 2.24. The van der Waals surface area contributed by atoms with E-state index < -0.39 is 11.2 Å². The third-order valence-corrected chi connectivity index (χ3v) is 3.73. The highest BCUT2D eigenvalue weighted by atomic mass is 16.6. The first-order valence-corrected chi connectivity index (χ1v) is 9.31. The lowest BCUT2D eigenvalue weighted by Crippen LogP contribution is -2.28. The summed E-state index contributed by atoms with van der Waals surface area (Å²) in [6, 6.07) is 0. The Morgan fingerprint density at radius 3 is 1.71 bits per heavy atom. The van der Waals surface area contributed by atoms with E-state index in [1.165, 1.54) is 0 Å². The fourth-order valence-corrected chi connectivity index (χ4v) is 2.41. The van der Waals surface area contributed by atoms with Crippen molar-refractivity contribution >= 4 is 11.9 Å². The van der Waals surface area contributed by atoms with E-state index in [4.69, 9.17) is 9.47 Å². The molecule has 4 heteroatoms. The number of carbonyl (C=O) groups excluding carboxylic acids is 2. The van der Waals surface area contributed by atoms with Crippen molar-refractivity contribution in [1.29, 1.82) is 0 Å². The molecule has 0 heterocycles. The van der Waals surface area contributed by atoms with E-state index >= 15 is 0 Å². The number of carbonyl (C=O) groups is 2. The molecule has 0 aliphatic carbocycles. The lowest BCUT2D eigenvalue weighted by atomic mass is 9.96. The van der Waals surface area contributed by atoms with Crippen molar-refractivity contribution in [3.63, 3.8) is 0 Å². The molecule has 24 heavy (non-hydrogen) atoms. The van der Waals surface area contributed by atoms with E-state index in [0.717, 1.165) is 38.5 Å². The number of hydrogen-bond donors (Lipinski definition) is 0. The van der Waals surface area contributed by atoms with Crippen LogP contribution in [-0.2, 0) is 19.1 Å². The first-order chi connectivity index (χ1) is 10.9. The predicted molar refractivity (Wildman–Crippen MR) is 97.7 cm³/mol. The molecule has 0 bridgehead atoms. The van der Waals surface area contributed by atoms with Crippen LogP contribution in [0.15, 0.2) is 0 Å².